The fourth-order valence-electron chi connectivity index (χ4n) is 4.22. The minimum atomic E-state index is -4.84. The van der Waals surface area contributed by atoms with E-state index in [0.29, 0.717) is 0 Å². The molecule has 17 heteroatoms. The van der Waals surface area contributed by atoms with E-state index in [9.17, 15) is 38.8 Å². The van der Waals surface area contributed by atoms with Crippen LogP contribution in [0.15, 0.2) is 25.4 Å². The number of phosphoric acid groups is 1. The molecule has 1 fully saturated rings. The van der Waals surface area contributed by atoms with Gasteiger partial charge in [0, 0.05) is 35.9 Å². The SMILES string of the molecule is Cc1cn([C@H]2C[C@H](OP(=O)(O)OC[C@@]3(CO)Cc4c(C)c(=O)[nH]c(=O)n4CO3)[C@@H](CO)O2)c(=O)[nH]c1=O. The Bertz CT molecular complexity index is 1460. The maximum atomic E-state index is 12.8. The number of fused-ring (bicyclic) bond motifs is 1. The molecule has 0 saturated carbocycles. The molecule has 5 atom stereocenters. The molecule has 5 N–H and O–H groups in total. The van der Waals surface area contributed by atoms with Gasteiger partial charge >= 0.3 is 19.2 Å². The van der Waals surface area contributed by atoms with Gasteiger partial charge in [-0.15, -0.1) is 0 Å². The summed E-state index contributed by atoms with van der Waals surface area (Å²) in [6.45, 7) is 0.700. The number of aromatic nitrogens is 4. The van der Waals surface area contributed by atoms with Crippen molar-refractivity contribution in [2.24, 2.45) is 0 Å². The monoisotopic (exact) mass is 546 g/mol. The predicted octanol–water partition coefficient (Wildman–Crippen LogP) is -2.25. The van der Waals surface area contributed by atoms with E-state index in [0.717, 1.165) is 4.57 Å². The smallest absolute Gasteiger partial charge is 0.394 e. The first-order chi connectivity index (χ1) is 17.4. The van der Waals surface area contributed by atoms with Crippen LogP contribution in [0.25, 0.3) is 0 Å². The normalized spacial score (nSPS) is 27.1. The Morgan fingerprint density at radius 2 is 1.86 bits per heavy atom. The van der Waals surface area contributed by atoms with E-state index < -0.39 is 74.2 Å². The zero-order valence-corrected chi connectivity index (χ0v) is 20.8. The Morgan fingerprint density at radius 3 is 2.54 bits per heavy atom. The van der Waals surface area contributed by atoms with Crippen molar-refractivity contribution in [3.63, 3.8) is 0 Å². The second-order valence-electron chi connectivity index (χ2n) is 8.96. The molecule has 4 heterocycles. The summed E-state index contributed by atoms with van der Waals surface area (Å²) in [6, 6.07) is 0. The molecule has 2 aliphatic rings. The van der Waals surface area contributed by atoms with Gasteiger partial charge in [-0.2, -0.15) is 0 Å². The van der Waals surface area contributed by atoms with Crippen LogP contribution >= 0.6 is 7.82 Å². The van der Waals surface area contributed by atoms with Crippen molar-refractivity contribution in [1.82, 2.24) is 19.1 Å². The van der Waals surface area contributed by atoms with Crippen LogP contribution in [0.4, 0.5) is 0 Å². The van der Waals surface area contributed by atoms with Crippen LogP contribution in [0.1, 0.15) is 29.5 Å². The minimum absolute atomic E-state index is 0.134. The zero-order chi connectivity index (χ0) is 27.1. The Labute approximate surface area is 207 Å². The van der Waals surface area contributed by atoms with Crippen LogP contribution in [0.2, 0.25) is 0 Å². The molecule has 16 nitrogen and oxygen atoms in total. The lowest BCUT2D eigenvalue weighted by atomic mass is 9.96. The van der Waals surface area contributed by atoms with E-state index >= 15 is 0 Å². The van der Waals surface area contributed by atoms with E-state index in [1.165, 1.54) is 24.6 Å². The average molecular weight is 546 g/mol. The molecular weight excluding hydrogens is 519 g/mol. The van der Waals surface area contributed by atoms with Crippen LogP contribution in [-0.4, -0.2) is 71.8 Å². The van der Waals surface area contributed by atoms with Crippen LogP contribution in [0, 0.1) is 13.8 Å². The van der Waals surface area contributed by atoms with Crippen LogP contribution in [-0.2, 0) is 36.2 Å². The standard InChI is InChI=1S/C20H27N4O12P/c1-10-5-23(18(29)21-16(10)27)15-3-13(14(6-25)35-15)36-37(31,32)34-8-20(7-26)4-12-11(2)17(28)22-19(30)24(12)9-33-20/h5,13-15,25-26H,3-4,6-9H2,1-2H3,(H,31,32)(H,21,27,29)(H,22,28,30)/t13-,14+,15+,20-/m0/s1. The number of aliphatic hydroxyl groups excluding tert-OH is 2. The summed E-state index contributed by atoms with van der Waals surface area (Å²) in [5.41, 5.74) is -3.48. The fourth-order valence-corrected chi connectivity index (χ4v) is 5.25. The molecule has 2 aromatic rings. The molecule has 0 radical (unpaired) electrons. The quantitative estimate of drug-likeness (QED) is 0.221. The summed E-state index contributed by atoms with van der Waals surface area (Å²) in [5, 5.41) is 19.7. The summed E-state index contributed by atoms with van der Waals surface area (Å²) in [7, 11) is -4.84. The largest absolute Gasteiger partial charge is 0.472 e. The Hall–Kier alpha value is -2.69. The van der Waals surface area contributed by atoms with Gasteiger partial charge in [-0.1, -0.05) is 0 Å². The number of phosphoric ester groups is 1. The number of aromatic amines is 2. The van der Waals surface area contributed by atoms with Gasteiger partial charge in [0.25, 0.3) is 11.1 Å². The highest BCUT2D eigenvalue weighted by Gasteiger charge is 2.44. The Balaban J connectivity index is 1.47. The number of rotatable bonds is 8. The third-order valence-corrected chi connectivity index (χ3v) is 7.41. The van der Waals surface area contributed by atoms with Crippen molar-refractivity contribution in [1.29, 1.82) is 0 Å². The molecule has 0 spiro atoms. The molecule has 1 unspecified atom stereocenters. The van der Waals surface area contributed by atoms with Crippen LogP contribution in [0.3, 0.4) is 0 Å². The van der Waals surface area contributed by atoms with Crippen molar-refractivity contribution in [2.45, 2.75) is 57.5 Å². The third kappa shape index (κ3) is 5.46. The molecule has 2 aliphatic heterocycles. The van der Waals surface area contributed by atoms with Crippen molar-refractivity contribution >= 4 is 7.82 Å². The summed E-state index contributed by atoms with van der Waals surface area (Å²) < 4.78 is 36.5. The number of hydrogen-bond acceptors (Lipinski definition) is 11. The van der Waals surface area contributed by atoms with Gasteiger partial charge in [-0.25, -0.2) is 14.2 Å². The molecule has 1 saturated heterocycles. The summed E-state index contributed by atoms with van der Waals surface area (Å²) in [6.07, 6.45) is -2.33. The molecule has 0 amide bonds. The highest BCUT2D eigenvalue weighted by atomic mass is 31.2. The summed E-state index contributed by atoms with van der Waals surface area (Å²) in [5.74, 6) is 0. The summed E-state index contributed by atoms with van der Waals surface area (Å²) >= 11 is 0. The van der Waals surface area contributed by atoms with Gasteiger partial charge in [-0.3, -0.25) is 37.7 Å². The maximum Gasteiger partial charge on any atom is 0.472 e. The average Bonchev–Trinajstić information content (AvgIpc) is 3.25. The number of hydrogen-bond donors (Lipinski definition) is 5. The van der Waals surface area contributed by atoms with Crippen molar-refractivity contribution in [3.05, 3.63) is 64.7 Å². The van der Waals surface area contributed by atoms with Gasteiger partial charge in [0.15, 0.2) is 0 Å². The van der Waals surface area contributed by atoms with E-state index in [-0.39, 0.29) is 36.4 Å². The molecule has 0 aliphatic carbocycles. The number of H-pyrrole nitrogens is 2. The second kappa shape index (κ2) is 10.2. The van der Waals surface area contributed by atoms with E-state index in [2.05, 4.69) is 9.97 Å². The molecule has 4 rings (SSSR count). The molecular formula is C20H27N4O12P. The minimum Gasteiger partial charge on any atom is -0.394 e. The molecule has 0 aromatic carbocycles. The van der Waals surface area contributed by atoms with Gasteiger partial charge < -0.3 is 24.6 Å². The number of ether oxygens (including phenoxy) is 2. The number of nitrogens with one attached hydrogen (secondary N) is 2. The van der Waals surface area contributed by atoms with Gasteiger partial charge in [0.1, 0.15) is 30.8 Å². The van der Waals surface area contributed by atoms with Crippen molar-refractivity contribution in [2.75, 3.05) is 19.8 Å². The molecule has 2 aromatic heterocycles. The van der Waals surface area contributed by atoms with Crippen LogP contribution in [0.5, 0.6) is 0 Å². The zero-order valence-electron chi connectivity index (χ0n) is 19.9. The van der Waals surface area contributed by atoms with E-state index in [1.807, 2.05) is 0 Å². The number of nitrogens with zero attached hydrogens (tertiary/aromatic N) is 2. The van der Waals surface area contributed by atoms with E-state index in [4.69, 9.17) is 18.5 Å². The topological polar surface area (TPSA) is 224 Å². The first kappa shape index (κ1) is 27.3. The number of aryl methyl sites for hydroxylation is 1. The fraction of sp³-hybridized carbons (Fsp3) is 0.600. The summed E-state index contributed by atoms with van der Waals surface area (Å²) in [4.78, 5) is 62.5. The highest BCUT2D eigenvalue weighted by Crippen LogP contribution is 2.49. The van der Waals surface area contributed by atoms with Crippen molar-refractivity contribution < 1.29 is 38.2 Å². The Kier molecular flexibility index (Phi) is 7.56. The maximum absolute atomic E-state index is 12.8. The first-order valence-electron chi connectivity index (χ1n) is 11.2. The Morgan fingerprint density at radius 1 is 1.16 bits per heavy atom. The second-order valence-corrected chi connectivity index (χ2v) is 10.4. The van der Waals surface area contributed by atoms with Crippen molar-refractivity contribution in [3.8, 4) is 0 Å². The van der Waals surface area contributed by atoms with Crippen LogP contribution < -0.4 is 22.5 Å². The van der Waals surface area contributed by atoms with E-state index in [1.54, 1.807) is 0 Å². The number of aliphatic hydroxyl groups is 2. The lowest BCUT2D eigenvalue weighted by molar-refractivity contribution is -0.148. The molecule has 204 valence electrons. The lowest BCUT2D eigenvalue weighted by Gasteiger charge is -2.37. The lowest BCUT2D eigenvalue weighted by Crippen LogP contribution is -2.51. The van der Waals surface area contributed by atoms with Gasteiger partial charge in [0.2, 0.25) is 0 Å². The highest BCUT2D eigenvalue weighted by molar-refractivity contribution is 7.47. The van der Waals surface area contributed by atoms with Gasteiger partial charge in [0.05, 0.1) is 19.8 Å². The predicted molar refractivity (Wildman–Crippen MR) is 123 cm³/mol. The van der Waals surface area contributed by atoms with Gasteiger partial charge in [-0.05, 0) is 13.8 Å². The molecule has 37 heavy (non-hydrogen) atoms. The third-order valence-electron chi connectivity index (χ3n) is 6.42. The first-order valence-corrected chi connectivity index (χ1v) is 12.7. The molecule has 0 bridgehead atoms.